The van der Waals surface area contributed by atoms with Gasteiger partial charge in [0, 0.05) is 19.0 Å². The summed E-state index contributed by atoms with van der Waals surface area (Å²) in [4.78, 5) is 7.20. The summed E-state index contributed by atoms with van der Waals surface area (Å²) in [7, 11) is 2.03. The van der Waals surface area contributed by atoms with E-state index in [4.69, 9.17) is 4.98 Å². The van der Waals surface area contributed by atoms with Gasteiger partial charge in [-0.05, 0) is 50.6 Å². The zero-order valence-electron chi connectivity index (χ0n) is 13.7. The van der Waals surface area contributed by atoms with Gasteiger partial charge in [0.25, 0.3) is 0 Å². The second-order valence-electron chi connectivity index (χ2n) is 7.47. The van der Waals surface area contributed by atoms with Crippen LogP contribution in [-0.2, 0) is 0 Å². The van der Waals surface area contributed by atoms with Crippen molar-refractivity contribution < 1.29 is 0 Å². The highest BCUT2D eigenvalue weighted by molar-refractivity contribution is 5.30. The van der Waals surface area contributed by atoms with Crippen molar-refractivity contribution in [2.24, 2.45) is 11.3 Å². The first kappa shape index (κ1) is 14.8. The Hall–Kier alpha value is -1.10. The lowest BCUT2D eigenvalue weighted by molar-refractivity contribution is 0.322. The van der Waals surface area contributed by atoms with Crippen LogP contribution >= 0.6 is 0 Å². The van der Waals surface area contributed by atoms with Crippen LogP contribution in [0.2, 0.25) is 0 Å². The van der Waals surface area contributed by atoms with Gasteiger partial charge in [0.15, 0.2) is 0 Å². The minimum Gasteiger partial charge on any atom is -0.339 e. The van der Waals surface area contributed by atoms with Gasteiger partial charge in [-0.2, -0.15) is 4.98 Å². The van der Waals surface area contributed by atoms with E-state index in [1.165, 1.54) is 32.1 Å². The number of nitrogens with zero attached hydrogens (tertiary/aromatic N) is 3. The van der Waals surface area contributed by atoms with Gasteiger partial charge in [0.05, 0.1) is 0 Å². The van der Waals surface area contributed by atoms with Gasteiger partial charge in [0.2, 0.25) is 5.95 Å². The van der Waals surface area contributed by atoms with E-state index in [1.807, 2.05) is 7.05 Å². The van der Waals surface area contributed by atoms with E-state index >= 15 is 0 Å². The van der Waals surface area contributed by atoms with Crippen LogP contribution in [0.25, 0.3) is 0 Å². The molecule has 2 fully saturated rings. The summed E-state index contributed by atoms with van der Waals surface area (Å²) in [6, 6.07) is 0. The molecule has 5 heteroatoms. The highest BCUT2D eigenvalue weighted by Crippen LogP contribution is 2.47. The highest BCUT2D eigenvalue weighted by Gasteiger charge is 2.38. The van der Waals surface area contributed by atoms with Gasteiger partial charge in [0.1, 0.15) is 5.82 Å². The summed E-state index contributed by atoms with van der Waals surface area (Å²) < 4.78 is 0. The minimum absolute atomic E-state index is 0.355. The second kappa shape index (κ2) is 5.95. The van der Waals surface area contributed by atoms with Crippen LogP contribution in [0.4, 0.5) is 5.95 Å². The van der Waals surface area contributed by atoms with Gasteiger partial charge in [-0.15, -0.1) is 5.10 Å². The van der Waals surface area contributed by atoms with Crippen molar-refractivity contribution in [2.75, 3.05) is 31.6 Å². The maximum absolute atomic E-state index is 4.84. The summed E-state index contributed by atoms with van der Waals surface area (Å²) in [6.07, 6.45) is 6.39. The fraction of sp³-hybridized carbons (Fsp3) is 0.875. The predicted molar refractivity (Wildman–Crippen MR) is 85.6 cm³/mol. The van der Waals surface area contributed by atoms with Gasteiger partial charge in [-0.3, -0.25) is 5.10 Å². The van der Waals surface area contributed by atoms with E-state index in [-0.39, 0.29) is 0 Å². The third-order valence-electron chi connectivity index (χ3n) is 5.37. The number of hydrogen-bond acceptors (Lipinski definition) is 4. The number of rotatable bonds is 4. The Kier molecular flexibility index (Phi) is 4.20. The van der Waals surface area contributed by atoms with Crippen LogP contribution in [0.3, 0.4) is 0 Å². The molecule has 118 valence electrons. The molecule has 0 amide bonds. The molecular formula is C16H29N5. The molecule has 0 bridgehead atoms. The van der Waals surface area contributed by atoms with Crippen LogP contribution in [0.1, 0.15) is 57.7 Å². The lowest BCUT2D eigenvalue weighted by atomic mass is 9.81. The van der Waals surface area contributed by atoms with E-state index in [1.54, 1.807) is 0 Å². The predicted octanol–water partition coefficient (Wildman–Crippen LogP) is 2.53. The molecule has 2 unspecified atom stereocenters. The number of hydrogen-bond donors (Lipinski definition) is 2. The molecule has 1 aliphatic heterocycles. The Labute approximate surface area is 127 Å². The fourth-order valence-electron chi connectivity index (χ4n) is 4.10. The van der Waals surface area contributed by atoms with E-state index < -0.39 is 0 Å². The molecule has 5 nitrogen and oxygen atoms in total. The van der Waals surface area contributed by atoms with E-state index in [0.29, 0.717) is 17.3 Å². The summed E-state index contributed by atoms with van der Waals surface area (Å²) >= 11 is 0. The Morgan fingerprint density at radius 3 is 2.90 bits per heavy atom. The molecule has 1 saturated carbocycles. The van der Waals surface area contributed by atoms with Gasteiger partial charge >= 0.3 is 0 Å². The Morgan fingerprint density at radius 1 is 1.33 bits per heavy atom. The molecule has 1 aliphatic carbocycles. The molecule has 1 saturated heterocycles. The lowest BCUT2D eigenvalue weighted by Crippen LogP contribution is -2.39. The molecule has 2 heterocycles. The summed E-state index contributed by atoms with van der Waals surface area (Å²) in [5.74, 6) is 3.27. The monoisotopic (exact) mass is 291 g/mol. The van der Waals surface area contributed by atoms with Crippen LogP contribution in [0, 0.1) is 11.3 Å². The molecule has 0 spiro atoms. The average molecular weight is 291 g/mol. The lowest BCUT2D eigenvalue weighted by Gasteiger charge is -2.31. The minimum atomic E-state index is 0.355. The number of nitrogens with one attached hydrogen (secondary N) is 2. The average Bonchev–Trinajstić information content (AvgIpc) is 3.05. The first-order chi connectivity index (χ1) is 10.1. The first-order valence-corrected chi connectivity index (χ1v) is 8.42. The van der Waals surface area contributed by atoms with Crippen molar-refractivity contribution in [2.45, 2.75) is 51.9 Å². The largest absolute Gasteiger partial charge is 0.339 e. The SMILES string of the molecule is CNCC1CCCN(c2n[nH]c(C3CCCC3(C)C)n2)C1. The molecule has 1 aromatic rings. The van der Waals surface area contributed by atoms with E-state index in [2.05, 4.69) is 34.3 Å². The second-order valence-corrected chi connectivity index (χ2v) is 7.47. The molecule has 2 N–H and O–H groups in total. The summed E-state index contributed by atoms with van der Waals surface area (Å²) in [5.41, 5.74) is 0.355. The Bertz CT molecular complexity index is 465. The third kappa shape index (κ3) is 3.07. The molecular weight excluding hydrogens is 262 g/mol. The Morgan fingerprint density at radius 2 is 2.19 bits per heavy atom. The van der Waals surface area contributed by atoms with Gasteiger partial charge < -0.3 is 10.2 Å². The van der Waals surface area contributed by atoms with E-state index in [9.17, 15) is 0 Å². The fourth-order valence-corrected chi connectivity index (χ4v) is 4.10. The smallest absolute Gasteiger partial charge is 0.244 e. The van der Waals surface area contributed by atoms with Crippen molar-refractivity contribution >= 4 is 5.95 Å². The van der Waals surface area contributed by atoms with Gasteiger partial charge in [-0.1, -0.05) is 20.3 Å². The Balaban J connectivity index is 1.70. The maximum Gasteiger partial charge on any atom is 0.244 e. The van der Waals surface area contributed by atoms with Crippen molar-refractivity contribution in [1.29, 1.82) is 0 Å². The summed E-state index contributed by atoms with van der Waals surface area (Å²) in [5, 5.41) is 11.0. The molecule has 0 aromatic carbocycles. The molecule has 21 heavy (non-hydrogen) atoms. The zero-order chi connectivity index (χ0) is 14.9. The van der Waals surface area contributed by atoms with Crippen LogP contribution in [0.15, 0.2) is 0 Å². The quantitative estimate of drug-likeness (QED) is 0.895. The van der Waals surface area contributed by atoms with Crippen LogP contribution in [-0.4, -0.2) is 41.9 Å². The number of aromatic amines is 1. The standard InChI is InChI=1S/C16H29N5/c1-16(2)8-4-7-13(16)14-18-15(20-19-14)21-9-5-6-12(11-21)10-17-3/h12-13,17H,4-11H2,1-3H3,(H,18,19,20). The normalized spacial score (nSPS) is 29.0. The maximum atomic E-state index is 4.84. The van der Waals surface area contributed by atoms with Crippen molar-refractivity contribution in [3.63, 3.8) is 0 Å². The van der Waals surface area contributed by atoms with Crippen LogP contribution in [0.5, 0.6) is 0 Å². The number of aromatic nitrogens is 3. The molecule has 3 rings (SSSR count). The van der Waals surface area contributed by atoms with Crippen molar-refractivity contribution in [1.82, 2.24) is 20.5 Å². The summed E-state index contributed by atoms with van der Waals surface area (Å²) in [6.45, 7) is 7.97. The molecule has 0 radical (unpaired) electrons. The van der Waals surface area contributed by atoms with E-state index in [0.717, 1.165) is 31.4 Å². The molecule has 1 aromatic heterocycles. The zero-order valence-corrected chi connectivity index (χ0v) is 13.7. The highest BCUT2D eigenvalue weighted by atomic mass is 15.4. The van der Waals surface area contributed by atoms with Crippen molar-refractivity contribution in [3.05, 3.63) is 5.82 Å². The molecule has 2 atom stereocenters. The van der Waals surface area contributed by atoms with Gasteiger partial charge in [-0.25, -0.2) is 0 Å². The topological polar surface area (TPSA) is 56.8 Å². The number of piperidine rings is 1. The van der Waals surface area contributed by atoms with Crippen LogP contribution < -0.4 is 10.2 Å². The number of anilines is 1. The third-order valence-corrected chi connectivity index (χ3v) is 5.37. The van der Waals surface area contributed by atoms with Crippen molar-refractivity contribution in [3.8, 4) is 0 Å². The molecule has 2 aliphatic rings. The number of H-pyrrole nitrogens is 1. The first-order valence-electron chi connectivity index (χ1n) is 8.42.